The van der Waals surface area contributed by atoms with Gasteiger partial charge in [0.2, 0.25) is 6.79 Å². The maximum atomic E-state index is 10.9. The lowest BCUT2D eigenvalue weighted by molar-refractivity contribution is -0.145. The number of rotatable bonds is 5. The molecule has 1 heterocycles. The van der Waals surface area contributed by atoms with Gasteiger partial charge in [-0.05, 0) is 18.6 Å². The van der Waals surface area contributed by atoms with Crippen LogP contribution < -0.4 is 14.2 Å². The van der Waals surface area contributed by atoms with E-state index in [1.807, 2.05) is 6.92 Å². The van der Waals surface area contributed by atoms with E-state index in [1.165, 1.54) is 0 Å². The lowest BCUT2D eigenvalue weighted by Crippen LogP contribution is -2.26. The molecular weight excluding hydrogens is 224 g/mol. The lowest BCUT2D eigenvalue weighted by Gasteiger charge is -2.14. The average molecular weight is 238 g/mol. The van der Waals surface area contributed by atoms with Gasteiger partial charge in [0.15, 0.2) is 17.6 Å². The van der Waals surface area contributed by atoms with Crippen LogP contribution in [0.3, 0.4) is 0 Å². The van der Waals surface area contributed by atoms with E-state index < -0.39 is 12.1 Å². The second kappa shape index (κ2) is 4.95. The van der Waals surface area contributed by atoms with Crippen LogP contribution in [0.2, 0.25) is 0 Å². The number of carbonyl (C=O) groups is 1. The number of carboxylic acid groups (broad SMARTS) is 1. The SMILES string of the molecule is CCC[C@@H](Oc1ccc2c(c1)OCO2)C(=O)O. The van der Waals surface area contributed by atoms with Gasteiger partial charge < -0.3 is 19.3 Å². The highest BCUT2D eigenvalue weighted by Crippen LogP contribution is 2.35. The fourth-order valence-corrected chi connectivity index (χ4v) is 1.61. The van der Waals surface area contributed by atoms with Gasteiger partial charge in [-0.2, -0.15) is 0 Å². The Bertz CT molecular complexity index is 415. The van der Waals surface area contributed by atoms with Crippen LogP contribution in [0.15, 0.2) is 18.2 Å². The molecule has 17 heavy (non-hydrogen) atoms. The van der Waals surface area contributed by atoms with Crippen LogP contribution in [-0.4, -0.2) is 24.0 Å². The number of benzene rings is 1. The van der Waals surface area contributed by atoms with Crippen molar-refractivity contribution in [2.45, 2.75) is 25.9 Å². The quantitative estimate of drug-likeness (QED) is 0.850. The first-order chi connectivity index (χ1) is 8.20. The van der Waals surface area contributed by atoms with E-state index in [-0.39, 0.29) is 6.79 Å². The summed E-state index contributed by atoms with van der Waals surface area (Å²) in [5.74, 6) is 0.766. The molecule has 0 unspecified atom stereocenters. The zero-order chi connectivity index (χ0) is 12.3. The third-order valence-electron chi connectivity index (χ3n) is 2.45. The summed E-state index contributed by atoms with van der Waals surface area (Å²) in [6, 6.07) is 5.04. The third kappa shape index (κ3) is 2.61. The molecule has 0 radical (unpaired) electrons. The van der Waals surface area contributed by atoms with E-state index in [4.69, 9.17) is 19.3 Å². The molecule has 5 nitrogen and oxygen atoms in total. The van der Waals surface area contributed by atoms with E-state index >= 15 is 0 Å². The number of carboxylic acids is 1. The van der Waals surface area contributed by atoms with Crippen LogP contribution in [0, 0.1) is 0 Å². The van der Waals surface area contributed by atoms with Gasteiger partial charge in [-0.1, -0.05) is 13.3 Å². The second-order valence-electron chi connectivity index (χ2n) is 3.75. The smallest absolute Gasteiger partial charge is 0.344 e. The van der Waals surface area contributed by atoms with Crippen molar-refractivity contribution in [2.24, 2.45) is 0 Å². The van der Waals surface area contributed by atoms with Crippen molar-refractivity contribution in [3.63, 3.8) is 0 Å². The molecule has 1 aliphatic heterocycles. The van der Waals surface area contributed by atoms with E-state index in [0.29, 0.717) is 23.7 Å². The molecule has 1 aliphatic rings. The maximum absolute atomic E-state index is 10.9. The zero-order valence-electron chi connectivity index (χ0n) is 9.51. The second-order valence-corrected chi connectivity index (χ2v) is 3.75. The molecule has 2 rings (SSSR count). The van der Waals surface area contributed by atoms with Gasteiger partial charge in [0, 0.05) is 6.07 Å². The predicted molar refractivity (Wildman–Crippen MR) is 59.5 cm³/mol. The van der Waals surface area contributed by atoms with Crippen molar-refractivity contribution in [1.82, 2.24) is 0 Å². The molecule has 1 atom stereocenters. The topological polar surface area (TPSA) is 65.0 Å². The summed E-state index contributed by atoms with van der Waals surface area (Å²) in [6.45, 7) is 2.11. The van der Waals surface area contributed by atoms with Gasteiger partial charge in [0.1, 0.15) is 5.75 Å². The Hall–Kier alpha value is -1.91. The lowest BCUT2D eigenvalue weighted by atomic mass is 10.2. The van der Waals surface area contributed by atoms with Crippen molar-refractivity contribution < 1.29 is 24.1 Å². The Kier molecular flexibility index (Phi) is 3.37. The Morgan fingerprint density at radius 3 is 2.94 bits per heavy atom. The summed E-state index contributed by atoms with van der Waals surface area (Å²) in [6.07, 6.45) is 0.408. The van der Waals surface area contributed by atoms with Crippen LogP contribution in [0.1, 0.15) is 19.8 Å². The number of ether oxygens (including phenoxy) is 3. The molecule has 1 N–H and O–H groups in total. The summed E-state index contributed by atoms with van der Waals surface area (Å²) in [5.41, 5.74) is 0. The molecule has 0 spiro atoms. The normalized spacial score (nSPS) is 14.4. The highest BCUT2D eigenvalue weighted by atomic mass is 16.7. The minimum absolute atomic E-state index is 0.191. The standard InChI is InChI=1S/C12H14O5/c1-2-3-10(12(13)14)17-8-4-5-9-11(6-8)16-7-15-9/h4-6,10H,2-3,7H2,1H3,(H,13,14)/t10-/m1/s1. The molecule has 1 aromatic carbocycles. The Balaban J connectivity index is 2.09. The maximum Gasteiger partial charge on any atom is 0.344 e. The van der Waals surface area contributed by atoms with Crippen molar-refractivity contribution in [3.8, 4) is 17.2 Å². The minimum atomic E-state index is -0.954. The zero-order valence-corrected chi connectivity index (χ0v) is 9.51. The van der Waals surface area contributed by atoms with Crippen LogP contribution in [0.4, 0.5) is 0 Å². The Morgan fingerprint density at radius 2 is 2.24 bits per heavy atom. The summed E-state index contributed by atoms with van der Waals surface area (Å²) in [4.78, 5) is 10.9. The molecule has 0 aromatic heterocycles. The molecule has 5 heteroatoms. The number of aliphatic carboxylic acids is 1. The summed E-state index contributed by atoms with van der Waals surface area (Å²) < 4.78 is 15.8. The summed E-state index contributed by atoms with van der Waals surface area (Å²) in [5, 5.41) is 8.98. The first kappa shape index (κ1) is 11.6. The van der Waals surface area contributed by atoms with E-state index in [2.05, 4.69) is 0 Å². The fraction of sp³-hybridized carbons (Fsp3) is 0.417. The highest BCUT2D eigenvalue weighted by Gasteiger charge is 2.20. The van der Waals surface area contributed by atoms with Gasteiger partial charge in [-0.15, -0.1) is 0 Å². The van der Waals surface area contributed by atoms with Crippen molar-refractivity contribution in [3.05, 3.63) is 18.2 Å². The van der Waals surface area contributed by atoms with Gasteiger partial charge in [-0.3, -0.25) is 0 Å². The number of hydrogen-bond acceptors (Lipinski definition) is 4. The molecule has 0 amide bonds. The number of hydrogen-bond donors (Lipinski definition) is 1. The van der Waals surface area contributed by atoms with Crippen LogP contribution >= 0.6 is 0 Å². The van der Waals surface area contributed by atoms with Crippen molar-refractivity contribution in [1.29, 1.82) is 0 Å². The molecule has 0 fully saturated rings. The summed E-state index contributed by atoms with van der Waals surface area (Å²) >= 11 is 0. The van der Waals surface area contributed by atoms with Crippen LogP contribution in [0.5, 0.6) is 17.2 Å². The van der Waals surface area contributed by atoms with Gasteiger partial charge >= 0.3 is 5.97 Å². The molecule has 1 aromatic rings. The first-order valence-electron chi connectivity index (χ1n) is 5.50. The fourth-order valence-electron chi connectivity index (χ4n) is 1.61. The molecular formula is C12H14O5. The Morgan fingerprint density at radius 1 is 1.47 bits per heavy atom. The molecule has 0 saturated heterocycles. The van der Waals surface area contributed by atoms with Crippen LogP contribution in [-0.2, 0) is 4.79 Å². The van der Waals surface area contributed by atoms with Crippen LogP contribution in [0.25, 0.3) is 0 Å². The first-order valence-corrected chi connectivity index (χ1v) is 5.50. The van der Waals surface area contributed by atoms with Gasteiger partial charge in [-0.25, -0.2) is 4.79 Å². The highest BCUT2D eigenvalue weighted by molar-refractivity contribution is 5.72. The third-order valence-corrected chi connectivity index (χ3v) is 2.45. The molecule has 0 aliphatic carbocycles. The van der Waals surface area contributed by atoms with Gasteiger partial charge in [0.25, 0.3) is 0 Å². The van der Waals surface area contributed by atoms with Gasteiger partial charge in [0.05, 0.1) is 0 Å². The average Bonchev–Trinajstić information content (AvgIpc) is 2.75. The monoisotopic (exact) mass is 238 g/mol. The predicted octanol–water partition coefficient (Wildman–Crippen LogP) is 2.05. The number of fused-ring (bicyclic) bond motifs is 1. The molecule has 0 bridgehead atoms. The summed E-state index contributed by atoms with van der Waals surface area (Å²) in [7, 11) is 0. The van der Waals surface area contributed by atoms with E-state index in [1.54, 1.807) is 18.2 Å². The molecule has 0 saturated carbocycles. The van der Waals surface area contributed by atoms with E-state index in [0.717, 1.165) is 6.42 Å². The molecule has 92 valence electrons. The van der Waals surface area contributed by atoms with Crippen molar-refractivity contribution >= 4 is 5.97 Å². The van der Waals surface area contributed by atoms with Crippen molar-refractivity contribution in [2.75, 3.05) is 6.79 Å². The minimum Gasteiger partial charge on any atom is -0.479 e. The Labute approximate surface area is 98.9 Å². The van der Waals surface area contributed by atoms with E-state index in [9.17, 15) is 4.79 Å². The largest absolute Gasteiger partial charge is 0.479 e.